The minimum Gasteiger partial charge on any atom is -0.493 e. The van der Waals surface area contributed by atoms with Gasteiger partial charge in [0.05, 0.1) is 23.0 Å². The SMILES string of the molecule is CCOc1cc(CN2CCC(Nc3nc4cc(S(N)(=O)=O)ccc4o3)CC2)cc(OCC)c1SC. The van der Waals surface area contributed by atoms with Crippen LogP contribution in [0.25, 0.3) is 11.1 Å². The first-order chi connectivity index (χ1) is 16.8. The van der Waals surface area contributed by atoms with E-state index in [2.05, 4.69) is 27.3 Å². The fourth-order valence-electron chi connectivity index (χ4n) is 4.26. The van der Waals surface area contributed by atoms with Crippen LogP contribution in [0.5, 0.6) is 11.5 Å². The van der Waals surface area contributed by atoms with Crippen LogP contribution in [-0.2, 0) is 16.6 Å². The Hall–Kier alpha value is -2.47. The predicted molar refractivity (Wildman–Crippen MR) is 138 cm³/mol. The van der Waals surface area contributed by atoms with Gasteiger partial charge in [0, 0.05) is 25.7 Å². The van der Waals surface area contributed by atoms with Gasteiger partial charge in [0.25, 0.3) is 6.01 Å². The van der Waals surface area contributed by atoms with Gasteiger partial charge in [-0.1, -0.05) is 0 Å². The summed E-state index contributed by atoms with van der Waals surface area (Å²) in [5, 5.41) is 8.56. The van der Waals surface area contributed by atoms with Crippen LogP contribution >= 0.6 is 11.8 Å². The van der Waals surface area contributed by atoms with Crippen LogP contribution in [0.2, 0.25) is 0 Å². The van der Waals surface area contributed by atoms with Gasteiger partial charge in [-0.2, -0.15) is 4.98 Å². The summed E-state index contributed by atoms with van der Waals surface area (Å²) in [4.78, 5) is 7.87. The Morgan fingerprint density at radius 3 is 2.37 bits per heavy atom. The number of ether oxygens (including phenoxy) is 2. The number of nitrogens with one attached hydrogen (secondary N) is 1. The number of primary sulfonamides is 1. The normalized spacial score (nSPS) is 15.4. The first-order valence-electron chi connectivity index (χ1n) is 11.7. The number of hydrogen-bond donors (Lipinski definition) is 2. The molecular weight excluding hydrogens is 488 g/mol. The molecule has 0 atom stereocenters. The molecule has 11 heteroatoms. The van der Waals surface area contributed by atoms with Crippen molar-refractivity contribution in [1.82, 2.24) is 9.88 Å². The van der Waals surface area contributed by atoms with Crippen LogP contribution in [0.1, 0.15) is 32.3 Å². The second-order valence-corrected chi connectivity index (χ2v) is 10.8. The number of sulfonamides is 1. The summed E-state index contributed by atoms with van der Waals surface area (Å²) in [6.07, 6.45) is 3.90. The Balaban J connectivity index is 1.38. The van der Waals surface area contributed by atoms with Crippen molar-refractivity contribution in [2.45, 2.75) is 49.1 Å². The van der Waals surface area contributed by atoms with E-state index in [1.54, 1.807) is 17.8 Å². The summed E-state index contributed by atoms with van der Waals surface area (Å²) in [5.41, 5.74) is 2.15. The maximum absolute atomic E-state index is 11.6. The molecule has 0 radical (unpaired) electrons. The highest BCUT2D eigenvalue weighted by Crippen LogP contribution is 2.38. The number of benzene rings is 2. The Morgan fingerprint density at radius 1 is 1.14 bits per heavy atom. The van der Waals surface area contributed by atoms with Gasteiger partial charge in [-0.15, -0.1) is 11.8 Å². The highest BCUT2D eigenvalue weighted by Gasteiger charge is 2.22. The molecule has 190 valence electrons. The molecule has 2 heterocycles. The number of thioether (sulfide) groups is 1. The Morgan fingerprint density at radius 2 is 1.80 bits per heavy atom. The summed E-state index contributed by atoms with van der Waals surface area (Å²) in [6.45, 7) is 7.87. The maximum Gasteiger partial charge on any atom is 0.295 e. The summed E-state index contributed by atoms with van der Waals surface area (Å²) in [7, 11) is -3.78. The third-order valence-electron chi connectivity index (χ3n) is 5.89. The van der Waals surface area contributed by atoms with E-state index in [4.69, 9.17) is 19.0 Å². The third-order valence-corrected chi connectivity index (χ3v) is 7.61. The molecule has 3 aromatic rings. The summed E-state index contributed by atoms with van der Waals surface area (Å²) in [6, 6.07) is 9.27. The van der Waals surface area contributed by atoms with Crippen LogP contribution in [0, 0.1) is 0 Å². The zero-order chi connectivity index (χ0) is 25.0. The van der Waals surface area contributed by atoms with E-state index in [1.165, 1.54) is 17.7 Å². The van der Waals surface area contributed by atoms with Crippen molar-refractivity contribution in [2.75, 3.05) is 37.9 Å². The number of nitrogens with two attached hydrogens (primary N) is 1. The topological polar surface area (TPSA) is 120 Å². The van der Waals surface area contributed by atoms with Gasteiger partial charge >= 0.3 is 0 Å². The Labute approximate surface area is 210 Å². The van der Waals surface area contributed by atoms with Gasteiger partial charge in [-0.3, -0.25) is 4.90 Å². The molecule has 0 saturated carbocycles. The average Bonchev–Trinajstić information content (AvgIpc) is 3.22. The number of nitrogens with zero attached hydrogens (tertiary/aromatic N) is 2. The molecule has 4 rings (SSSR count). The molecule has 35 heavy (non-hydrogen) atoms. The quantitative estimate of drug-likeness (QED) is 0.381. The first-order valence-corrected chi connectivity index (χ1v) is 14.5. The monoisotopic (exact) mass is 520 g/mol. The molecule has 0 aliphatic carbocycles. The lowest BCUT2D eigenvalue weighted by atomic mass is 10.0. The lowest BCUT2D eigenvalue weighted by molar-refractivity contribution is 0.209. The fourth-order valence-corrected chi connectivity index (χ4v) is 5.43. The molecule has 1 aliphatic heterocycles. The van der Waals surface area contributed by atoms with E-state index in [0.29, 0.717) is 30.3 Å². The summed E-state index contributed by atoms with van der Waals surface area (Å²) in [5.74, 6) is 1.75. The van der Waals surface area contributed by atoms with Crippen LogP contribution in [0.3, 0.4) is 0 Å². The molecule has 1 fully saturated rings. The van der Waals surface area contributed by atoms with E-state index in [-0.39, 0.29) is 10.9 Å². The van der Waals surface area contributed by atoms with Gasteiger partial charge in [-0.25, -0.2) is 13.6 Å². The number of oxazole rings is 1. The fraction of sp³-hybridized carbons (Fsp3) is 0.458. The standard InChI is InChI=1S/C24H32N4O5S2/c1-4-31-21-12-16(13-22(32-5-2)23(21)34-3)15-28-10-8-17(9-11-28)26-24-27-19-14-18(35(25,29)30)6-7-20(19)33-24/h6-7,12-14,17H,4-5,8-11,15H2,1-3H3,(H,26,27)(H2,25,29,30). The number of rotatable bonds is 10. The molecule has 0 bridgehead atoms. The van der Waals surface area contributed by atoms with Crippen molar-refractivity contribution < 1.29 is 22.3 Å². The van der Waals surface area contributed by atoms with Gasteiger partial charge in [0.1, 0.15) is 17.0 Å². The molecule has 1 saturated heterocycles. The zero-order valence-corrected chi connectivity index (χ0v) is 21.9. The van der Waals surface area contributed by atoms with E-state index in [9.17, 15) is 8.42 Å². The van der Waals surface area contributed by atoms with Gasteiger partial charge < -0.3 is 19.2 Å². The third kappa shape index (κ3) is 6.21. The number of piperidine rings is 1. The van der Waals surface area contributed by atoms with Gasteiger partial charge in [0.2, 0.25) is 10.0 Å². The van der Waals surface area contributed by atoms with Crippen LogP contribution < -0.4 is 19.9 Å². The van der Waals surface area contributed by atoms with Crippen molar-refractivity contribution in [2.24, 2.45) is 5.14 Å². The largest absolute Gasteiger partial charge is 0.493 e. The lowest BCUT2D eigenvalue weighted by Gasteiger charge is -2.32. The van der Waals surface area contributed by atoms with Gasteiger partial charge in [-0.05, 0) is 68.8 Å². The van der Waals surface area contributed by atoms with Crippen molar-refractivity contribution in [3.8, 4) is 11.5 Å². The molecule has 1 aromatic heterocycles. The number of fused-ring (bicyclic) bond motifs is 1. The van der Waals surface area contributed by atoms with Crippen LogP contribution in [-0.4, -0.2) is 56.9 Å². The molecule has 0 unspecified atom stereocenters. The van der Waals surface area contributed by atoms with Crippen LogP contribution in [0.4, 0.5) is 6.01 Å². The molecule has 0 spiro atoms. The van der Waals surface area contributed by atoms with Crippen molar-refractivity contribution >= 4 is 38.9 Å². The molecule has 1 aliphatic rings. The minimum absolute atomic E-state index is 0.0173. The van der Waals surface area contributed by atoms with E-state index >= 15 is 0 Å². The van der Waals surface area contributed by atoms with Crippen molar-refractivity contribution in [3.05, 3.63) is 35.9 Å². The van der Waals surface area contributed by atoms with Crippen molar-refractivity contribution in [1.29, 1.82) is 0 Å². The summed E-state index contributed by atoms with van der Waals surface area (Å²) < 4.78 is 40.7. The van der Waals surface area contributed by atoms with Gasteiger partial charge in [0.15, 0.2) is 5.58 Å². The van der Waals surface area contributed by atoms with Crippen LogP contribution in [0.15, 0.2) is 44.5 Å². The Kier molecular flexibility index (Phi) is 8.10. The molecule has 0 amide bonds. The number of hydrogen-bond acceptors (Lipinski definition) is 9. The van der Waals surface area contributed by atoms with E-state index in [1.807, 2.05) is 20.1 Å². The number of anilines is 1. The second-order valence-electron chi connectivity index (χ2n) is 8.38. The molecular formula is C24H32N4O5S2. The van der Waals surface area contributed by atoms with E-state index in [0.717, 1.165) is 48.9 Å². The number of likely N-dealkylation sites (tertiary alicyclic amines) is 1. The molecule has 2 aromatic carbocycles. The Bertz CT molecular complexity index is 1240. The number of aromatic nitrogens is 1. The zero-order valence-electron chi connectivity index (χ0n) is 20.2. The molecule has 9 nitrogen and oxygen atoms in total. The molecule has 3 N–H and O–H groups in total. The minimum atomic E-state index is -3.78. The lowest BCUT2D eigenvalue weighted by Crippen LogP contribution is -2.38. The predicted octanol–water partition coefficient (Wildman–Crippen LogP) is 4.07. The highest BCUT2D eigenvalue weighted by atomic mass is 32.2. The average molecular weight is 521 g/mol. The first kappa shape index (κ1) is 25.6. The van der Waals surface area contributed by atoms with Crippen molar-refractivity contribution in [3.63, 3.8) is 0 Å². The van der Waals surface area contributed by atoms with E-state index < -0.39 is 10.0 Å². The smallest absolute Gasteiger partial charge is 0.295 e. The summed E-state index contributed by atoms with van der Waals surface area (Å²) >= 11 is 1.64. The highest BCUT2D eigenvalue weighted by molar-refractivity contribution is 7.98. The second kappa shape index (κ2) is 11.1. The maximum atomic E-state index is 11.6.